The third-order valence-electron chi connectivity index (χ3n) is 6.24. The second-order valence-electron chi connectivity index (χ2n) is 9.09. The molecule has 38 heavy (non-hydrogen) atoms. The molecule has 194 valence electrons. The lowest BCUT2D eigenvalue weighted by molar-refractivity contribution is 0.209. The number of benzene rings is 4. The van der Waals surface area contributed by atoms with E-state index in [2.05, 4.69) is 47.0 Å². The van der Waals surface area contributed by atoms with E-state index < -0.39 is 27.5 Å². The Morgan fingerprint density at radius 2 is 1.24 bits per heavy atom. The normalized spacial score (nSPS) is 12.8. The Kier molecular flexibility index (Phi) is 8.41. The number of anilines is 1. The predicted octanol–water partition coefficient (Wildman–Crippen LogP) is 5.83. The largest absolute Gasteiger partial charge is 0.465 e. The van der Waals surface area contributed by atoms with Gasteiger partial charge in [0.05, 0.1) is 5.54 Å². The number of amides is 1. The number of nitrogens with one attached hydrogen (secondary N) is 2. The number of rotatable bonds is 10. The fraction of sp³-hybridized carbons (Fsp3) is 0.129. The first-order valence-electron chi connectivity index (χ1n) is 12.2. The zero-order valence-corrected chi connectivity index (χ0v) is 21.8. The molecule has 0 aromatic heterocycles. The fourth-order valence-electron chi connectivity index (χ4n) is 4.60. The van der Waals surface area contributed by atoms with Crippen molar-refractivity contribution in [2.75, 3.05) is 11.6 Å². The van der Waals surface area contributed by atoms with Gasteiger partial charge in [-0.25, -0.2) is 13.2 Å². The van der Waals surface area contributed by atoms with Crippen molar-refractivity contribution in [3.8, 4) is 0 Å². The maximum atomic E-state index is 12.1. The highest BCUT2D eigenvalue weighted by atomic mass is 32.2. The average Bonchev–Trinajstić information content (AvgIpc) is 2.92. The molecule has 1 amide bonds. The molecule has 1 atom stereocenters. The first-order valence-corrected chi connectivity index (χ1v) is 14.1. The first-order chi connectivity index (χ1) is 18.3. The van der Waals surface area contributed by atoms with Gasteiger partial charge in [0.15, 0.2) is 9.84 Å². The molecule has 0 bridgehead atoms. The molecular formula is C31H30N2O4S. The molecule has 0 radical (unpaired) electrons. The average molecular weight is 527 g/mol. The van der Waals surface area contributed by atoms with Gasteiger partial charge >= 0.3 is 6.09 Å². The van der Waals surface area contributed by atoms with Gasteiger partial charge in [0.1, 0.15) is 0 Å². The minimum absolute atomic E-state index is 0.399. The molecule has 7 heteroatoms. The monoisotopic (exact) mass is 526 g/mol. The molecule has 0 aliphatic carbocycles. The third-order valence-corrected chi connectivity index (χ3v) is 6.89. The van der Waals surface area contributed by atoms with Crippen LogP contribution in [-0.4, -0.2) is 31.9 Å². The molecule has 0 spiro atoms. The van der Waals surface area contributed by atoms with Gasteiger partial charge in [0.25, 0.3) is 0 Å². The van der Waals surface area contributed by atoms with Crippen molar-refractivity contribution in [2.45, 2.75) is 18.0 Å². The van der Waals surface area contributed by atoms with Crippen molar-refractivity contribution in [3.05, 3.63) is 149 Å². The minimum Gasteiger partial charge on any atom is -0.465 e. The van der Waals surface area contributed by atoms with Gasteiger partial charge in [-0.1, -0.05) is 109 Å². The Hall–Kier alpha value is -4.20. The SMILES string of the molecule is CS(=O)(=O)/C=C/C(Cc1ccc(NC(=O)O)cc1)NC(c1ccccc1)(c1ccccc1)c1ccccc1. The quantitative estimate of drug-likeness (QED) is 0.226. The Morgan fingerprint density at radius 1 is 0.789 bits per heavy atom. The molecule has 0 aliphatic rings. The molecule has 4 aromatic carbocycles. The van der Waals surface area contributed by atoms with Gasteiger partial charge in [-0.2, -0.15) is 0 Å². The van der Waals surface area contributed by atoms with E-state index >= 15 is 0 Å². The summed E-state index contributed by atoms with van der Waals surface area (Å²) in [6.45, 7) is 0. The second kappa shape index (κ2) is 11.9. The molecule has 0 heterocycles. The van der Waals surface area contributed by atoms with Crippen molar-refractivity contribution in [2.24, 2.45) is 0 Å². The van der Waals surface area contributed by atoms with E-state index in [4.69, 9.17) is 5.11 Å². The Bertz CT molecular complexity index is 1380. The van der Waals surface area contributed by atoms with Crippen LogP contribution in [0, 0.1) is 0 Å². The van der Waals surface area contributed by atoms with Crippen LogP contribution in [0.25, 0.3) is 0 Å². The van der Waals surface area contributed by atoms with Crippen LogP contribution in [-0.2, 0) is 21.8 Å². The summed E-state index contributed by atoms with van der Waals surface area (Å²) in [5.41, 5.74) is 3.62. The summed E-state index contributed by atoms with van der Waals surface area (Å²) < 4.78 is 24.3. The van der Waals surface area contributed by atoms with E-state index in [0.29, 0.717) is 12.1 Å². The van der Waals surface area contributed by atoms with Crippen molar-refractivity contribution >= 4 is 21.6 Å². The van der Waals surface area contributed by atoms with Crippen LogP contribution >= 0.6 is 0 Å². The molecule has 0 aliphatic heterocycles. The smallest absolute Gasteiger partial charge is 0.409 e. The molecule has 0 saturated heterocycles. The van der Waals surface area contributed by atoms with Crippen molar-refractivity contribution in [3.63, 3.8) is 0 Å². The first kappa shape index (κ1) is 26.9. The molecule has 0 fully saturated rings. The van der Waals surface area contributed by atoms with Crippen LogP contribution in [0.1, 0.15) is 22.3 Å². The van der Waals surface area contributed by atoms with Crippen LogP contribution in [0.4, 0.5) is 10.5 Å². The maximum absolute atomic E-state index is 12.1. The summed E-state index contributed by atoms with van der Waals surface area (Å²) in [6, 6.07) is 36.9. The van der Waals surface area contributed by atoms with Gasteiger partial charge in [-0.05, 0) is 40.8 Å². The summed E-state index contributed by atoms with van der Waals surface area (Å²) in [5, 5.41) is 16.4. The van der Waals surface area contributed by atoms with Gasteiger partial charge in [0.2, 0.25) is 0 Å². The highest BCUT2D eigenvalue weighted by Gasteiger charge is 2.37. The van der Waals surface area contributed by atoms with Crippen molar-refractivity contribution in [1.29, 1.82) is 0 Å². The molecule has 1 unspecified atom stereocenters. The van der Waals surface area contributed by atoms with Crippen LogP contribution in [0.2, 0.25) is 0 Å². The predicted molar refractivity (Wildman–Crippen MR) is 152 cm³/mol. The fourth-order valence-corrected chi connectivity index (χ4v) is 5.07. The minimum atomic E-state index is -3.38. The number of carboxylic acid groups (broad SMARTS) is 1. The van der Waals surface area contributed by atoms with Crippen LogP contribution in [0.5, 0.6) is 0 Å². The lowest BCUT2D eigenvalue weighted by Gasteiger charge is -2.39. The van der Waals surface area contributed by atoms with Crippen LogP contribution < -0.4 is 10.6 Å². The lowest BCUT2D eigenvalue weighted by atomic mass is 9.76. The van der Waals surface area contributed by atoms with E-state index in [-0.39, 0.29) is 0 Å². The molecule has 4 rings (SSSR count). The highest BCUT2D eigenvalue weighted by Crippen LogP contribution is 2.37. The number of carbonyl (C=O) groups is 1. The maximum Gasteiger partial charge on any atom is 0.409 e. The number of hydrogen-bond acceptors (Lipinski definition) is 4. The van der Waals surface area contributed by atoms with E-state index in [1.165, 1.54) is 11.7 Å². The Morgan fingerprint density at radius 3 is 1.63 bits per heavy atom. The molecular weight excluding hydrogens is 496 g/mol. The molecule has 3 N–H and O–H groups in total. The van der Waals surface area contributed by atoms with E-state index in [9.17, 15) is 13.2 Å². The highest BCUT2D eigenvalue weighted by molar-refractivity contribution is 7.93. The van der Waals surface area contributed by atoms with Crippen molar-refractivity contribution < 1.29 is 18.3 Å². The Balaban J connectivity index is 1.84. The topological polar surface area (TPSA) is 95.5 Å². The van der Waals surface area contributed by atoms with Gasteiger partial charge < -0.3 is 5.11 Å². The zero-order chi connectivity index (χ0) is 27.0. The molecule has 6 nitrogen and oxygen atoms in total. The number of sulfone groups is 1. The third kappa shape index (κ3) is 6.76. The van der Waals surface area contributed by atoms with E-state index in [1.54, 1.807) is 18.2 Å². The summed E-state index contributed by atoms with van der Waals surface area (Å²) in [4.78, 5) is 11.0. The molecule has 0 saturated carbocycles. The van der Waals surface area contributed by atoms with Crippen LogP contribution in [0.3, 0.4) is 0 Å². The summed E-state index contributed by atoms with van der Waals surface area (Å²) in [7, 11) is -3.38. The number of hydrogen-bond donors (Lipinski definition) is 3. The van der Waals surface area contributed by atoms with Gasteiger partial charge in [-0.3, -0.25) is 10.6 Å². The summed E-state index contributed by atoms with van der Waals surface area (Å²) >= 11 is 0. The van der Waals surface area contributed by atoms with E-state index in [0.717, 1.165) is 22.3 Å². The zero-order valence-electron chi connectivity index (χ0n) is 21.0. The second-order valence-corrected chi connectivity index (χ2v) is 11.0. The lowest BCUT2D eigenvalue weighted by Crippen LogP contribution is -2.50. The van der Waals surface area contributed by atoms with Gasteiger partial charge in [0, 0.05) is 23.4 Å². The standard InChI is InChI=1S/C31H30N2O4S/c1-38(36,37)22-21-29(23-24-17-19-28(20-18-24)32-30(34)35)33-31(25-11-5-2-6-12-25,26-13-7-3-8-14-26)27-15-9-4-10-16-27/h2-22,29,32-33H,23H2,1H3,(H,34,35)/b22-21+. The Labute approximate surface area is 223 Å². The summed E-state index contributed by atoms with van der Waals surface area (Å²) in [6.07, 6.45) is 2.19. The van der Waals surface area contributed by atoms with Crippen LogP contribution in [0.15, 0.2) is 127 Å². The van der Waals surface area contributed by atoms with Gasteiger partial charge in [-0.15, -0.1) is 0 Å². The summed E-state index contributed by atoms with van der Waals surface area (Å²) in [5.74, 6) is 0. The van der Waals surface area contributed by atoms with E-state index in [1.807, 2.05) is 66.7 Å². The molecule has 4 aromatic rings. The van der Waals surface area contributed by atoms with Crippen molar-refractivity contribution in [1.82, 2.24) is 5.32 Å².